The number of piperazine rings is 1. The number of urea groups is 1. The zero-order valence-electron chi connectivity index (χ0n) is 16.4. The molecule has 0 saturated carbocycles. The van der Waals surface area contributed by atoms with Gasteiger partial charge in [-0.05, 0) is 24.1 Å². The molecule has 2 saturated heterocycles. The van der Waals surface area contributed by atoms with Crippen LogP contribution in [0.3, 0.4) is 0 Å². The highest BCUT2D eigenvalue weighted by Gasteiger charge is 2.20. The van der Waals surface area contributed by atoms with E-state index in [9.17, 15) is 4.79 Å². The molecule has 7 heteroatoms. The molecule has 27 heavy (non-hydrogen) atoms. The van der Waals surface area contributed by atoms with E-state index in [1.54, 1.807) is 7.11 Å². The van der Waals surface area contributed by atoms with Crippen LogP contribution in [-0.4, -0.2) is 100.0 Å². The van der Waals surface area contributed by atoms with Crippen LogP contribution in [0.1, 0.15) is 5.56 Å². The van der Waals surface area contributed by atoms with Gasteiger partial charge in [-0.2, -0.15) is 0 Å². The molecule has 150 valence electrons. The molecule has 1 aromatic carbocycles. The molecule has 7 nitrogen and oxygen atoms in total. The number of ether oxygens (including phenoxy) is 2. The highest BCUT2D eigenvalue weighted by Crippen LogP contribution is 2.12. The van der Waals surface area contributed by atoms with Crippen LogP contribution < -0.4 is 10.1 Å². The molecule has 0 atom stereocenters. The number of hydrogen-bond acceptors (Lipinski definition) is 5. The Morgan fingerprint density at radius 2 is 1.67 bits per heavy atom. The zero-order valence-corrected chi connectivity index (χ0v) is 16.4. The molecule has 3 rings (SSSR count). The first kappa shape index (κ1) is 19.9. The second kappa shape index (κ2) is 10.5. The molecule has 2 aliphatic heterocycles. The van der Waals surface area contributed by atoms with E-state index < -0.39 is 0 Å². The van der Waals surface area contributed by atoms with Crippen LogP contribution in [0.5, 0.6) is 5.75 Å². The number of carbonyl (C=O) groups excluding carboxylic acids is 1. The molecule has 0 radical (unpaired) electrons. The van der Waals surface area contributed by atoms with Crippen molar-refractivity contribution >= 4 is 6.03 Å². The van der Waals surface area contributed by atoms with Crippen LogP contribution in [0.15, 0.2) is 24.3 Å². The average Bonchev–Trinajstić information content (AvgIpc) is 2.73. The van der Waals surface area contributed by atoms with E-state index in [1.807, 2.05) is 17.0 Å². The highest BCUT2D eigenvalue weighted by molar-refractivity contribution is 5.74. The van der Waals surface area contributed by atoms with Gasteiger partial charge in [0.25, 0.3) is 0 Å². The van der Waals surface area contributed by atoms with Crippen LogP contribution in [0, 0.1) is 0 Å². The second-order valence-corrected chi connectivity index (χ2v) is 7.11. The first-order valence-corrected chi connectivity index (χ1v) is 9.93. The van der Waals surface area contributed by atoms with Crippen LogP contribution in [0.2, 0.25) is 0 Å². The summed E-state index contributed by atoms with van der Waals surface area (Å²) in [5.74, 6) is 0.895. The van der Waals surface area contributed by atoms with E-state index in [-0.39, 0.29) is 6.03 Å². The maximum absolute atomic E-state index is 12.3. The third-order valence-corrected chi connectivity index (χ3v) is 5.34. The summed E-state index contributed by atoms with van der Waals surface area (Å²) in [6.07, 6.45) is 1.02. The van der Waals surface area contributed by atoms with Gasteiger partial charge in [-0.3, -0.25) is 9.80 Å². The molecule has 0 aliphatic carbocycles. The lowest BCUT2D eigenvalue weighted by molar-refractivity contribution is 0.0385. The Balaban J connectivity index is 1.30. The predicted octanol–water partition coefficient (Wildman–Crippen LogP) is 0.897. The van der Waals surface area contributed by atoms with E-state index in [0.29, 0.717) is 6.54 Å². The van der Waals surface area contributed by atoms with E-state index in [0.717, 1.165) is 77.7 Å². The SMILES string of the molecule is COc1ccc(CCN2CCN(C(=O)NCCN3CCOCC3)CC2)cc1. The number of nitrogens with one attached hydrogen (secondary N) is 1. The third-order valence-electron chi connectivity index (χ3n) is 5.34. The summed E-state index contributed by atoms with van der Waals surface area (Å²) in [7, 11) is 1.69. The summed E-state index contributed by atoms with van der Waals surface area (Å²) in [6.45, 7) is 9.62. The Labute approximate surface area is 162 Å². The topological polar surface area (TPSA) is 57.3 Å². The lowest BCUT2D eigenvalue weighted by Gasteiger charge is -2.35. The molecule has 0 spiro atoms. The van der Waals surface area contributed by atoms with Gasteiger partial charge in [-0.1, -0.05) is 12.1 Å². The quantitative estimate of drug-likeness (QED) is 0.766. The summed E-state index contributed by atoms with van der Waals surface area (Å²) in [5, 5.41) is 3.06. The Morgan fingerprint density at radius 1 is 1.00 bits per heavy atom. The zero-order chi connectivity index (χ0) is 18.9. The summed E-state index contributed by atoms with van der Waals surface area (Å²) in [5.41, 5.74) is 1.32. The average molecular weight is 377 g/mol. The van der Waals surface area contributed by atoms with Crippen molar-refractivity contribution in [3.05, 3.63) is 29.8 Å². The van der Waals surface area contributed by atoms with Crippen molar-refractivity contribution in [2.24, 2.45) is 0 Å². The van der Waals surface area contributed by atoms with Crippen molar-refractivity contribution in [1.82, 2.24) is 20.0 Å². The normalized spacial score (nSPS) is 19.1. The summed E-state index contributed by atoms with van der Waals surface area (Å²) in [4.78, 5) is 19.0. The van der Waals surface area contributed by atoms with E-state index in [4.69, 9.17) is 9.47 Å². The number of methoxy groups -OCH3 is 1. The minimum absolute atomic E-state index is 0.0677. The Kier molecular flexibility index (Phi) is 7.74. The molecule has 1 aromatic rings. The van der Waals surface area contributed by atoms with Gasteiger partial charge in [0, 0.05) is 58.9 Å². The minimum Gasteiger partial charge on any atom is -0.497 e. The Morgan fingerprint density at radius 3 is 2.33 bits per heavy atom. The van der Waals surface area contributed by atoms with Gasteiger partial charge in [-0.25, -0.2) is 4.79 Å². The van der Waals surface area contributed by atoms with E-state index in [1.165, 1.54) is 5.56 Å². The van der Waals surface area contributed by atoms with Gasteiger partial charge in [0.15, 0.2) is 0 Å². The molecule has 0 aromatic heterocycles. The van der Waals surface area contributed by atoms with Crippen molar-refractivity contribution in [1.29, 1.82) is 0 Å². The van der Waals surface area contributed by atoms with Crippen LogP contribution in [-0.2, 0) is 11.2 Å². The summed E-state index contributed by atoms with van der Waals surface area (Å²) < 4.78 is 10.5. The Hall–Kier alpha value is -1.83. The van der Waals surface area contributed by atoms with Crippen molar-refractivity contribution < 1.29 is 14.3 Å². The molecule has 2 heterocycles. The second-order valence-electron chi connectivity index (χ2n) is 7.11. The molecule has 2 fully saturated rings. The van der Waals surface area contributed by atoms with Crippen molar-refractivity contribution in [3.8, 4) is 5.75 Å². The van der Waals surface area contributed by atoms with Gasteiger partial charge >= 0.3 is 6.03 Å². The fraction of sp³-hybridized carbons (Fsp3) is 0.650. The number of benzene rings is 1. The molecule has 2 aliphatic rings. The van der Waals surface area contributed by atoms with Crippen LogP contribution in [0.4, 0.5) is 4.79 Å². The fourth-order valence-corrected chi connectivity index (χ4v) is 3.51. The summed E-state index contributed by atoms with van der Waals surface area (Å²) in [6, 6.07) is 8.33. The standard InChI is InChI=1S/C20H32N4O3/c1-26-19-4-2-18(3-5-19)6-8-22-10-12-24(13-11-22)20(25)21-7-9-23-14-16-27-17-15-23/h2-5H,6-17H2,1H3,(H,21,25). The number of nitrogens with zero attached hydrogens (tertiary/aromatic N) is 3. The fourth-order valence-electron chi connectivity index (χ4n) is 3.51. The maximum Gasteiger partial charge on any atom is 0.317 e. The number of rotatable bonds is 7. The van der Waals surface area contributed by atoms with Gasteiger partial charge < -0.3 is 19.7 Å². The largest absolute Gasteiger partial charge is 0.497 e. The van der Waals surface area contributed by atoms with Crippen molar-refractivity contribution in [2.75, 3.05) is 79.2 Å². The Bertz CT molecular complexity index is 567. The number of morpholine rings is 1. The molecule has 0 bridgehead atoms. The number of hydrogen-bond donors (Lipinski definition) is 1. The molecular weight excluding hydrogens is 344 g/mol. The lowest BCUT2D eigenvalue weighted by atomic mass is 10.1. The first-order chi connectivity index (χ1) is 13.2. The molecule has 2 amide bonds. The van der Waals surface area contributed by atoms with E-state index in [2.05, 4.69) is 27.2 Å². The van der Waals surface area contributed by atoms with Crippen LogP contribution in [0.25, 0.3) is 0 Å². The monoisotopic (exact) mass is 376 g/mol. The van der Waals surface area contributed by atoms with Gasteiger partial charge in [-0.15, -0.1) is 0 Å². The van der Waals surface area contributed by atoms with E-state index >= 15 is 0 Å². The molecule has 1 N–H and O–H groups in total. The van der Waals surface area contributed by atoms with Gasteiger partial charge in [0.05, 0.1) is 20.3 Å². The van der Waals surface area contributed by atoms with Gasteiger partial charge in [0.2, 0.25) is 0 Å². The van der Waals surface area contributed by atoms with Crippen molar-refractivity contribution in [3.63, 3.8) is 0 Å². The lowest BCUT2D eigenvalue weighted by Crippen LogP contribution is -2.53. The predicted molar refractivity (Wildman–Crippen MR) is 105 cm³/mol. The molecular formula is C20H32N4O3. The minimum atomic E-state index is 0.0677. The number of carbonyl (C=O) groups is 1. The first-order valence-electron chi connectivity index (χ1n) is 9.93. The third kappa shape index (κ3) is 6.37. The molecule has 0 unspecified atom stereocenters. The maximum atomic E-state index is 12.3. The smallest absolute Gasteiger partial charge is 0.317 e. The highest BCUT2D eigenvalue weighted by atomic mass is 16.5. The van der Waals surface area contributed by atoms with Crippen molar-refractivity contribution in [2.45, 2.75) is 6.42 Å². The van der Waals surface area contributed by atoms with Gasteiger partial charge in [0.1, 0.15) is 5.75 Å². The summed E-state index contributed by atoms with van der Waals surface area (Å²) >= 11 is 0. The number of amides is 2. The van der Waals surface area contributed by atoms with Crippen LogP contribution >= 0.6 is 0 Å².